The number of aromatic nitrogens is 2. The van der Waals surface area contributed by atoms with E-state index in [0.29, 0.717) is 0 Å². The standard InChI is InChI=1S/C11H12N2O/c1-8-7-10(14)3-4-11(8)13-6-5-9(2)12-13/h3-7,14H,1-2H3. The van der Waals surface area contributed by atoms with Crippen molar-refractivity contribution in [2.45, 2.75) is 13.8 Å². The van der Waals surface area contributed by atoms with Crippen LogP contribution in [0, 0.1) is 13.8 Å². The third kappa shape index (κ3) is 1.48. The van der Waals surface area contributed by atoms with E-state index in [1.807, 2.05) is 36.9 Å². The Kier molecular flexibility index (Phi) is 2.00. The van der Waals surface area contributed by atoms with Gasteiger partial charge in [0, 0.05) is 6.20 Å². The van der Waals surface area contributed by atoms with Crippen LogP contribution in [0.15, 0.2) is 30.5 Å². The summed E-state index contributed by atoms with van der Waals surface area (Å²) in [6.07, 6.45) is 1.91. The summed E-state index contributed by atoms with van der Waals surface area (Å²) in [5.41, 5.74) is 2.99. The molecule has 0 unspecified atom stereocenters. The highest BCUT2D eigenvalue weighted by Crippen LogP contribution is 2.18. The fraction of sp³-hybridized carbons (Fsp3) is 0.182. The molecule has 72 valence electrons. The molecule has 1 aromatic heterocycles. The van der Waals surface area contributed by atoms with Crippen molar-refractivity contribution in [2.75, 3.05) is 0 Å². The number of benzene rings is 1. The highest BCUT2D eigenvalue weighted by molar-refractivity contribution is 5.44. The maximum atomic E-state index is 9.26. The average Bonchev–Trinajstić information content (AvgIpc) is 2.51. The van der Waals surface area contributed by atoms with Gasteiger partial charge in [0.15, 0.2) is 0 Å². The first kappa shape index (κ1) is 8.81. The summed E-state index contributed by atoms with van der Waals surface area (Å²) < 4.78 is 1.81. The molecule has 0 bridgehead atoms. The van der Waals surface area contributed by atoms with Gasteiger partial charge in [0.25, 0.3) is 0 Å². The van der Waals surface area contributed by atoms with Gasteiger partial charge < -0.3 is 5.11 Å². The Morgan fingerprint density at radius 3 is 2.57 bits per heavy atom. The largest absolute Gasteiger partial charge is 0.508 e. The number of phenols is 1. The van der Waals surface area contributed by atoms with Gasteiger partial charge in [-0.1, -0.05) is 0 Å². The molecule has 2 aromatic rings. The lowest BCUT2D eigenvalue weighted by Crippen LogP contribution is -1.97. The molecular weight excluding hydrogens is 176 g/mol. The van der Waals surface area contributed by atoms with Crippen molar-refractivity contribution in [1.29, 1.82) is 0 Å². The fourth-order valence-electron chi connectivity index (χ4n) is 1.45. The van der Waals surface area contributed by atoms with E-state index in [1.165, 1.54) is 0 Å². The Balaban J connectivity index is 2.52. The summed E-state index contributed by atoms with van der Waals surface area (Å²) in [7, 11) is 0. The first-order valence-corrected chi connectivity index (χ1v) is 4.49. The number of aryl methyl sites for hydroxylation is 2. The average molecular weight is 188 g/mol. The Labute approximate surface area is 82.6 Å². The third-order valence-corrected chi connectivity index (χ3v) is 2.15. The van der Waals surface area contributed by atoms with Gasteiger partial charge in [-0.3, -0.25) is 0 Å². The minimum Gasteiger partial charge on any atom is -0.508 e. The monoisotopic (exact) mass is 188 g/mol. The molecule has 0 radical (unpaired) electrons. The first-order valence-electron chi connectivity index (χ1n) is 4.49. The van der Waals surface area contributed by atoms with Gasteiger partial charge in [-0.25, -0.2) is 4.68 Å². The highest BCUT2D eigenvalue weighted by Gasteiger charge is 2.02. The zero-order chi connectivity index (χ0) is 10.1. The van der Waals surface area contributed by atoms with E-state index in [2.05, 4.69) is 5.10 Å². The summed E-state index contributed by atoms with van der Waals surface area (Å²) >= 11 is 0. The van der Waals surface area contributed by atoms with Gasteiger partial charge in [-0.05, 0) is 43.7 Å². The van der Waals surface area contributed by atoms with Crippen molar-refractivity contribution in [1.82, 2.24) is 9.78 Å². The third-order valence-electron chi connectivity index (χ3n) is 2.15. The molecule has 0 aliphatic carbocycles. The second-order valence-corrected chi connectivity index (χ2v) is 3.37. The van der Waals surface area contributed by atoms with E-state index >= 15 is 0 Å². The molecule has 0 aliphatic heterocycles. The Morgan fingerprint density at radius 1 is 1.21 bits per heavy atom. The van der Waals surface area contributed by atoms with Gasteiger partial charge >= 0.3 is 0 Å². The molecule has 3 nitrogen and oxygen atoms in total. The summed E-state index contributed by atoms with van der Waals surface area (Å²) in [6.45, 7) is 3.90. The topological polar surface area (TPSA) is 38.0 Å². The number of phenolic OH excluding ortho intramolecular Hbond substituents is 1. The second kappa shape index (κ2) is 3.18. The Bertz CT molecular complexity index is 460. The van der Waals surface area contributed by atoms with Crippen molar-refractivity contribution in [3.8, 4) is 11.4 Å². The number of rotatable bonds is 1. The van der Waals surface area contributed by atoms with E-state index in [-0.39, 0.29) is 5.75 Å². The predicted molar refractivity (Wildman–Crippen MR) is 54.7 cm³/mol. The zero-order valence-electron chi connectivity index (χ0n) is 8.23. The predicted octanol–water partition coefficient (Wildman–Crippen LogP) is 2.19. The van der Waals surface area contributed by atoms with Crippen LogP contribution in [0.3, 0.4) is 0 Å². The van der Waals surface area contributed by atoms with Crippen molar-refractivity contribution < 1.29 is 5.11 Å². The normalized spacial score (nSPS) is 10.4. The van der Waals surface area contributed by atoms with Gasteiger partial charge in [-0.15, -0.1) is 0 Å². The molecule has 1 aromatic carbocycles. The molecule has 0 fully saturated rings. The molecule has 2 rings (SSSR count). The Hall–Kier alpha value is -1.77. The van der Waals surface area contributed by atoms with E-state index < -0.39 is 0 Å². The molecule has 14 heavy (non-hydrogen) atoms. The summed E-state index contributed by atoms with van der Waals surface area (Å²) in [5, 5.41) is 13.6. The molecular formula is C11H12N2O. The Morgan fingerprint density at radius 2 is 2.00 bits per heavy atom. The lowest BCUT2D eigenvalue weighted by Gasteiger charge is -2.05. The summed E-state index contributed by atoms with van der Waals surface area (Å²) in [6, 6.07) is 7.20. The molecule has 0 amide bonds. The maximum Gasteiger partial charge on any atom is 0.115 e. The summed E-state index contributed by atoms with van der Waals surface area (Å²) in [5.74, 6) is 0.287. The number of nitrogens with zero attached hydrogens (tertiary/aromatic N) is 2. The molecule has 3 heteroatoms. The van der Waals surface area contributed by atoms with Gasteiger partial charge in [0.1, 0.15) is 5.75 Å². The molecule has 0 aliphatic rings. The molecule has 0 saturated heterocycles. The van der Waals surface area contributed by atoms with E-state index in [0.717, 1.165) is 16.9 Å². The van der Waals surface area contributed by atoms with Crippen LogP contribution in [-0.2, 0) is 0 Å². The van der Waals surface area contributed by atoms with Crippen molar-refractivity contribution in [3.05, 3.63) is 41.7 Å². The van der Waals surface area contributed by atoms with Crippen LogP contribution >= 0.6 is 0 Å². The smallest absolute Gasteiger partial charge is 0.115 e. The molecule has 1 heterocycles. The number of hydrogen-bond acceptors (Lipinski definition) is 2. The van der Waals surface area contributed by atoms with E-state index in [9.17, 15) is 5.11 Å². The minimum absolute atomic E-state index is 0.287. The van der Waals surface area contributed by atoms with Crippen molar-refractivity contribution in [3.63, 3.8) is 0 Å². The van der Waals surface area contributed by atoms with E-state index in [1.54, 1.807) is 12.1 Å². The second-order valence-electron chi connectivity index (χ2n) is 3.37. The number of aromatic hydroxyl groups is 1. The molecule has 0 saturated carbocycles. The van der Waals surface area contributed by atoms with Crippen LogP contribution in [0.2, 0.25) is 0 Å². The van der Waals surface area contributed by atoms with Crippen molar-refractivity contribution in [2.24, 2.45) is 0 Å². The van der Waals surface area contributed by atoms with Crippen LogP contribution < -0.4 is 0 Å². The molecule has 0 spiro atoms. The van der Waals surface area contributed by atoms with Crippen LogP contribution in [-0.4, -0.2) is 14.9 Å². The van der Waals surface area contributed by atoms with Crippen LogP contribution in [0.5, 0.6) is 5.75 Å². The number of hydrogen-bond donors (Lipinski definition) is 1. The fourth-order valence-corrected chi connectivity index (χ4v) is 1.45. The summed E-state index contributed by atoms with van der Waals surface area (Å²) in [4.78, 5) is 0. The lowest BCUT2D eigenvalue weighted by atomic mass is 10.2. The van der Waals surface area contributed by atoms with Gasteiger partial charge in [0.05, 0.1) is 11.4 Å². The molecule has 0 atom stereocenters. The molecule has 1 N–H and O–H groups in total. The highest BCUT2D eigenvalue weighted by atomic mass is 16.3. The first-order chi connectivity index (χ1) is 6.66. The van der Waals surface area contributed by atoms with Crippen LogP contribution in [0.4, 0.5) is 0 Å². The quantitative estimate of drug-likeness (QED) is 0.745. The minimum atomic E-state index is 0.287. The van der Waals surface area contributed by atoms with Gasteiger partial charge in [-0.2, -0.15) is 5.10 Å². The van der Waals surface area contributed by atoms with Crippen molar-refractivity contribution >= 4 is 0 Å². The lowest BCUT2D eigenvalue weighted by molar-refractivity contribution is 0.474. The van der Waals surface area contributed by atoms with Crippen LogP contribution in [0.1, 0.15) is 11.3 Å². The van der Waals surface area contributed by atoms with E-state index in [4.69, 9.17) is 0 Å². The van der Waals surface area contributed by atoms with Gasteiger partial charge in [0.2, 0.25) is 0 Å². The SMILES string of the molecule is Cc1ccn(-c2ccc(O)cc2C)n1. The van der Waals surface area contributed by atoms with Crippen LogP contribution in [0.25, 0.3) is 5.69 Å². The maximum absolute atomic E-state index is 9.26. The zero-order valence-corrected chi connectivity index (χ0v) is 8.23.